The molecule has 1 unspecified atom stereocenters. The van der Waals surface area contributed by atoms with Crippen LogP contribution in [0.15, 0.2) is 18.2 Å². The topological polar surface area (TPSA) is 90.6 Å². The van der Waals surface area contributed by atoms with Crippen molar-refractivity contribution in [1.29, 1.82) is 0 Å². The van der Waals surface area contributed by atoms with Gasteiger partial charge in [-0.2, -0.15) is 0 Å². The zero-order chi connectivity index (χ0) is 16.9. The maximum atomic E-state index is 11.7. The van der Waals surface area contributed by atoms with Crippen molar-refractivity contribution in [3.8, 4) is 0 Å². The quantitative estimate of drug-likeness (QED) is 0.829. The van der Waals surface area contributed by atoms with Gasteiger partial charge in [-0.1, -0.05) is 17.7 Å². The summed E-state index contributed by atoms with van der Waals surface area (Å²) < 4.78 is 9.84. The molecule has 0 heterocycles. The van der Waals surface area contributed by atoms with Crippen molar-refractivity contribution < 1.29 is 19.1 Å². The molecule has 1 atom stereocenters. The highest BCUT2D eigenvalue weighted by Gasteiger charge is 2.21. The minimum absolute atomic E-state index is 0.0991. The van der Waals surface area contributed by atoms with Crippen molar-refractivity contribution in [2.24, 2.45) is 5.73 Å². The predicted octanol–water partition coefficient (Wildman–Crippen LogP) is 2.90. The Morgan fingerprint density at radius 3 is 2.45 bits per heavy atom. The highest BCUT2D eigenvalue weighted by molar-refractivity contribution is 6.33. The number of benzene rings is 1. The van der Waals surface area contributed by atoms with Crippen LogP contribution in [0.1, 0.15) is 32.3 Å². The van der Waals surface area contributed by atoms with Gasteiger partial charge in [-0.25, -0.2) is 4.79 Å². The van der Waals surface area contributed by atoms with Crippen molar-refractivity contribution in [3.05, 3.63) is 28.8 Å². The number of carbonyl (C=O) groups is 2. The van der Waals surface area contributed by atoms with E-state index in [1.54, 1.807) is 39.0 Å². The average molecular weight is 329 g/mol. The van der Waals surface area contributed by atoms with Gasteiger partial charge in [-0.05, 0) is 38.5 Å². The molecule has 1 aromatic carbocycles. The first-order valence-corrected chi connectivity index (χ1v) is 7.13. The Hall–Kier alpha value is -1.79. The number of hydrogen-bond acceptors (Lipinski definition) is 5. The van der Waals surface area contributed by atoms with E-state index < -0.39 is 23.6 Å². The smallest absolute Gasteiger partial charge is 0.412 e. The van der Waals surface area contributed by atoms with Gasteiger partial charge in [0.1, 0.15) is 5.60 Å². The van der Waals surface area contributed by atoms with E-state index in [1.807, 2.05) is 0 Å². The molecule has 0 saturated carbocycles. The standard InChI is InChI=1S/C15H21ClN2O4/c1-15(2,3)22-14(20)18-12-6-5-9(7-11(12)16)10(8-17)13(19)21-4/h5-7,10H,8,17H2,1-4H3,(H,18,20). The average Bonchev–Trinajstić information content (AvgIpc) is 2.40. The van der Waals surface area contributed by atoms with Gasteiger partial charge in [0.25, 0.3) is 0 Å². The van der Waals surface area contributed by atoms with Crippen LogP contribution >= 0.6 is 11.6 Å². The second kappa shape index (κ2) is 7.47. The number of ether oxygens (including phenoxy) is 2. The number of halogens is 1. The predicted molar refractivity (Wildman–Crippen MR) is 85.1 cm³/mol. The monoisotopic (exact) mass is 328 g/mol. The second-order valence-corrected chi connectivity index (χ2v) is 6.08. The van der Waals surface area contributed by atoms with Gasteiger partial charge in [-0.3, -0.25) is 10.1 Å². The highest BCUT2D eigenvalue weighted by Crippen LogP contribution is 2.27. The van der Waals surface area contributed by atoms with Crippen LogP contribution in [0.5, 0.6) is 0 Å². The number of anilines is 1. The zero-order valence-corrected chi connectivity index (χ0v) is 13.9. The number of rotatable bonds is 4. The van der Waals surface area contributed by atoms with Crippen LogP contribution < -0.4 is 11.1 Å². The SMILES string of the molecule is COC(=O)C(CN)c1ccc(NC(=O)OC(C)(C)C)c(Cl)c1. The summed E-state index contributed by atoms with van der Waals surface area (Å²) in [5.41, 5.74) is 5.99. The molecule has 122 valence electrons. The summed E-state index contributed by atoms with van der Waals surface area (Å²) in [6.07, 6.45) is -0.606. The van der Waals surface area contributed by atoms with E-state index in [-0.39, 0.29) is 11.6 Å². The van der Waals surface area contributed by atoms with Crippen molar-refractivity contribution in [1.82, 2.24) is 0 Å². The summed E-state index contributed by atoms with van der Waals surface area (Å²) in [6, 6.07) is 4.82. The Bertz CT molecular complexity index is 555. The lowest BCUT2D eigenvalue weighted by atomic mass is 9.99. The molecule has 0 aliphatic rings. The molecule has 0 fully saturated rings. The van der Waals surface area contributed by atoms with Crippen LogP contribution in [-0.4, -0.2) is 31.3 Å². The lowest BCUT2D eigenvalue weighted by Gasteiger charge is -2.20. The van der Waals surface area contributed by atoms with Gasteiger partial charge >= 0.3 is 12.1 Å². The largest absolute Gasteiger partial charge is 0.469 e. The Labute approximate surface area is 134 Å². The van der Waals surface area contributed by atoms with E-state index in [0.717, 1.165) is 0 Å². The molecule has 22 heavy (non-hydrogen) atoms. The van der Waals surface area contributed by atoms with Crippen molar-refractivity contribution in [2.75, 3.05) is 19.0 Å². The minimum Gasteiger partial charge on any atom is -0.469 e. The van der Waals surface area contributed by atoms with Crippen LogP contribution in [0.25, 0.3) is 0 Å². The summed E-state index contributed by atoms with van der Waals surface area (Å²) >= 11 is 6.13. The second-order valence-electron chi connectivity index (χ2n) is 5.68. The third-order valence-corrected chi connectivity index (χ3v) is 3.07. The molecule has 3 N–H and O–H groups in total. The van der Waals surface area contributed by atoms with E-state index in [0.29, 0.717) is 11.3 Å². The molecule has 1 aromatic rings. The Morgan fingerprint density at radius 1 is 1.36 bits per heavy atom. The lowest BCUT2D eigenvalue weighted by Crippen LogP contribution is -2.27. The maximum absolute atomic E-state index is 11.7. The van der Waals surface area contributed by atoms with E-state index in [9.17, 15) is 9.59 Å². The van der Waals surface area contributed by atoms with E-state index in [1.165, 1.54) is 7.11 Å². The lowest BCUT2D eigenvalue weighted by molar-refractivity contribution is -0.142. The third-order valence-electron chi connectivity index (χ3n) is 2.75. The van der Waals surface area contributed by atoms with Gasteiger partial charge in [0.2, 0.25) is 0 Å². The minimum atomic E-state index is -0.606. The molecule has 0 spiro atoms. The zero-order valence-electron chi connectivity index (χ0n) is 13.1. The highest BCUT2D eigenvalue weighted by atomic mass is 35.5. The summed E-state index contributed by atoms with van der Waals surface area (Å²) in [4.78, 5) is 23.4. The maximum Gasteiger partial charge on any atom is 0.412 e. The molecule has 0 radical (unpaired) electrons. The Balaban J connectivity index is 2.90. The summed E-state index contributed by atoms with van der Waals surface area (Å²) in [6.45, 7) is 5.39. The first-order chi connectivity index (χ1) is 10.2. The van der Waals surface area contributed by atoms with Crippen LogP contribution in [0.2, 0.25) is 5.02 Å². The van der Waals surface area contributed by atoms with Crippen LogP contribution in [0.4, 0.5) is 10.5 Å². The number of nitrogens with two attached hydrogens (primary N) is 1. The number of amides is 1. The van der Waals surface area contributed by atoms with Gasteiger partial charge in [-0.15, -0.1) is 0 Å². The molecule has 1 amide bonds. The summed E-state index contributed by atoms with van der Waals surface area (Å²) in [5, 5.41) is 2.84. The van der Waals surface area contributed by atoms with Gasteiger partial charge in [0.05, 0.1) is 23.7 Å². The molecule has 0 aromatic heterocycles. The van der Waals surface area contributed by atoms with Gasteiger partial charge < -0.3 is 15.2 Å². The Morgan fingerprint density at radius 2 is 2.00 bits per heavy atom. The van der Waals surface area contributed by atoms with E-state index >= 15 is 0 Å². The number of nitrogens with one attached hydrogen (secondary N) is 1. The van der Waals surface area contributed by atoms with Gasteiger partial charge in [0, 0.05) is 6.54 Å². The molecule has 0 saturated heterocycles. The number of methoxy groups -OCH3 is 1. The van der Waals surface area contributed by atoms with Crippen LogP contribution in [0.3, 0.4) is 0 Å². The first kappa shape index (κ1) is 18.3. The third kappa shape index (κ3) is 5.20. The van der Waals surface area contributed by atoms with Crippen LogP contribution in [-0.2, 0) is 14.3 Å². The summed E-state index contributed by atoms with van der Waals surface area (Å²) in [7, 11) is 1.30. The molecule has 6 nitrogen and oxygen atoms in total. The fourth-order valence-electron chi connectivity index (χ4n) is 1.77. The molecule has 0 aliphatic carbocycles. The normalized spacial score (nSPS) is 12.5. The van der Waals surface area contributed by atoms with Crippen LogP contribution in [0, 0.1) is 0 Å². The van der Waals surface area contributed by atoms with Crippen molar-refractivity contribution >= 4 is 29.4 Å². The fraction of sp³-hybridized carbons (Fsp3) is 0.467. The number of esters is 1. The van der Waals surface area contributed by atoms with Crippen molar-refractivity contribution in [2.45, 2.75) is 32.3 Å². The molecular formula is C15H21ClN2O4. The van der Waals surface area contributed by atoms with Crippen molar-refractivity contribution in [3.63, 3.8) is 0 Å². The van der Waals surface area contributed by atoms with E-state index in [4.69, 9.17) is 26.8 Å². The van der Waals surface area contributed by atoms with Gasteiger partial charge in [0.15, 0.2) is 0 Å². The molecule has 7 heteroatoms. The molecule has 0 bridgehead atoms. The molecule has 0 aliphatic heterocycles. The Kier molecular flexibility index (Phi) is 6.20. The fourth-order valence-corrected chi connectivity index (χ4v) is 2.01. The first-order valence-electron chi connectivity index (χ1n) is 6.75. The van der Waals surface area contributed by atoms with E-state index in [2.05, 4.69) is 5.32 Å². The summed E-state index contributed by atoms with van der Waals surface area (Å²) in [5.74, 6) is -1.04. The number of hydrogen-bond donors (Lipinski definition) is 2. The molecule has 1 rings (SSSR count). The molecular weight excluding hydrogens is 308 g/mol. The number of carbonyl (C=O) groups excluding carboxylic acids is 2.